The van der Waals surface area contributed by atoms with Crippen molar-refractivity contribution in [1.82, 2.24) is 15.3 Å². The first kappa shape index (κ1) is 19.6. The fourth-order valence-electron chi connectivity index (χ4n) is 3.76. The summed E-state index contributed by atoms with van der Waals surface area (Å²) in [6.07, 6.45) is 2.39. The third-order valence-electron chi connectivity index (χ3n) is 5.38. The number of nitrogens with one attached hydrogen (secondary N) is 3. The molecule has 1 aromatic carbocycles. The van der Waals surface area contributed by atoms with E-state index in [1.165, 1.54) is 0 Å². The number of hydrogen-bond acceptors (Lipinski definition) is 7. The quantitative estimate of drug-likeness (QED) is 0.628. The molecule has 0 unspecified atom stereocenters. The Hall–Kier alpha value is -2.71. The number of ether oxygens (including phenoxy) is 1. The zero-order chi connectivity index (χ0) is 20.5. The number of aliphatic hydroxyl groups excluding tert-OH is 1. The van der Waals surface area contributed by atoms with E-state index in [1.54, 1.807) is 13.1 Å². The van der Waals surface area contributed by atoms with Gasteiger partial charge in [0.25, 0.3) is 0 Å². The zero-order valence-corrected chi connectivity index (χ0v) is 16.8. The summed E-state index contributed by atoms with van der Waals surface area (Å²) in [5.74, 6) is 1.12. The van der Waals surface area contributed by atoms with Crippen LogP contribution in [0.15, 0.2) is 18.2 Å². The van der Waals surface area contributed by atoms with Gasteiger partial charge in [-0.15, -0.1) is 0 Å². The number of benzene rings is 1. The first-order chi connectivity index (χ1) is 14.0. The Morgan fingerprint density at radius 3 is 2.93 bits per heavy atom. The van der Waals surface area contributed by atoms with Gasteiger partial charge in [-0.25, -0.2) is 9.37 Å². The molecule has 2 atom stereocenters. The second kappa shape index (κ2) is 7.96. The predicted octanol–water partition coefficient (Wildman–Crippen LogP) is 2.77. The first-order valence-electron chi connectivity index (χ1n) is 9.85. The maximum absolute atomic E-state index is 15.7. The smallest absolute Gasteiger partial charge is 0.229 e. The molecule has 2 aliphatic heterocycles. The summed E-state index contributed by atoms with van der Waals surface area (Å²) in [4.78, 5) is 8.73. The summed E-state index contributed by atoms with van der Waals surface area (Å²) in [7, 11) is 1.77. The van der Waals surface area contributed by atoms with E-state index in [2.05, 4.69) is 25.9 Å². The number of rotatable bonds is 4. The molecule has 0 radical (unpaired) electrons. The van der Waals surface area contributed by atoms with E-state index in [0.29, 0.717) is 54.8 Å². The van der Waals surface area contributed by atoms with Crippen LogP contribution in [0, 0.1) is 12.7 Å². The number of nitrogens with zero attached hydrogens (tertiary/aromatic N) is 2. The second-order valence-electron chi connectivity index (χ2n) is 7.49. The minimum Gasteiger partial charge on any atom is -0.492 e. The van der Waals surface area contributed by atoms with Crippen molar-refractivity contribution in [2.45, 2.75) is 38.8 Å². The Labute approximate surface area is 169 Å². The molecule has 4 rings (SSSR count). The van der Waals surface area contributed by atoms with E-state index < -0.39 is 11.9 Å². The number of fused-ring (bicyclic) bond motifs is 1. The molecule has 0 bridgehead atoms. The van der Waals surface area contributed by atoms with Gasteiger partial charge in [0.05, 0.1) is 24.0 Å². The highest BCUT2D eigenvalue weighted by atomic mass is 19.1. The molecular formula is C21H26FN5O2. The van der Waals surface area contributed by atoms with E-state index in [9.17, 15) is 5.11 Å². The van der Waals surface area contributed by atoms with Gasteiger partial charge in [-0.05, 0) is 25.5 Å². The lowest BCUT2D eigenvalue weighted by Crippen LogP contribution is -2.35. The molecule has 2 aromatic rings. The fraction of sp³-hybridized carbons (Fsp3) is 0.429. The third-order valence-corrected chi connectivity index (χ3v) is 5.38. The zero-order valence-electron chi connectivity index (χ0n) is 16.8. The van der Waals surface area contributed by atoms with Gasteiger partial charge in [0, 0.05) is 49.8 Å². The summed E-state index contributed by atoms with van der Waals surface area (Å²) in [5.41, 5.74) is 3.17. The monoisotopic (exact) mass is 399 g/mol. The minimum atomic E-state index is -0.602. The van der Waals surface area contributed by atoms with Gasteiger partial charge in [0.15, 0.2) is 5.82 Å². The van der Waals surface area contributed by atoms with E-state index in [1.807, 2.05) is 26.0 Å². The number of halogens is 1. The van der Waals surface area contributed by atoms with Crippen LogP contribution >= 0.6 is 0 Å². The molecular weight excluding hydrogens is 373 g/mol. The molecule has 0 amide bonds. The minimum absolute atomic E-state index is 0.0669. The van der Waals surface area contributed by atoms with Crippen LogP contribution in [0.1, 0.15) is 30.2 Å². The third kappa shape index (κ3) is 3.90. The molecule has 0 spiro atoms. The molecule has 8 heteroatoms. The molecule has 154 valence electrons. The van der Waals surface area contributed by atoms with Gasteiger partial charge >= 0.3 is 0 Å². The molecule has 2 aliphatic rings. The van der Waals surface area contributed by atoms with Crippen LogP contribution in [-0.4, -0.2) is 47.4 Å². The molecule has 1 aromatic heterocycles. The van der Waals surface area contributed by atoms with Gasteiger partial charge in [0.1, 0.15) is 11.6 Å². The number of aromatic nitrogens is 2. The molecule has 0 saturated heterocycles. The van der Waals surface area contributed by atoms with Crippen molar-refractivity contribution in [2.24, 2.45) is 0 Å². The van der Waals surface area contributed by atoms with Crippen molar-refractivity contribution >= 4 is 23.0 Å². The summed E-state index contributed by atoms with van der Waals surface area (Å²) in [6.45, 7) is 4.86. The average molecular weight is 399 g/mol. The highest BCUT2D eigenvalue weighted by Gasteiger charge is 2.29. The SMILES string of the molecule is CNc1cc(C)nc(Nc2cc3c(c(C4=CCN[C@H](C)[C@@H](O)C4)c2F)OCC3)n1. The van der Waals surface area contributed by atoms with E-state index in [-0.39, 0.29) is 6.04 Å². The summed E-state index contributed by atoms with van der Waals surface area (Å²) < 4.78 is 21.5. The maximum atomic E-state index is 15.7. The number of anilines is 3. The highest BCUT2D eigenvalue weighted by Crippen LogP contribution is 2.42. The van der Waals surface area contributed by atoms with Crippen molar-refractivity contribution in [1.29, 1.82) is 0 Å². The molecule has 4 N–H and O–H groups in total. The van der Waals surface area contributed by atoms with Crippen molar-refractivity contribution in [3.05, 3.63) is 40.8 Å². The topological polar surface area (TPSA) is 91.3 Å². The first-order valence-corrected chi connectivity index (χ1v) is 9.85. The molecule has 0 saturated carbocycles. The molecule has 0 fully saturated rings. The molecule has 3 heterocycles. The van der Waals surface area contributed by atoms with Crippen LogP contribution in [0.2, 0.25) is 0 Å². The molecule has 0 aliphatic carbocycles. The average Bonchev–Trinajstić information content (AvgIpc) is 3.08. The van der Waals surface area contributed by atoms with E-state index in [0.717, 1.165) is 16.8 Å². The molecule has 29 heavy (non-hydrogen) atoms. The molecule has 7 nitrogen and oxygen atoms in total. The van der Waals surface area contributed by atoms with E-state index >= 15 is 4.39 Å². The Balaban J connectivity index is 1.76. The lowest BCUT2D eigenvalue weighted by atomic mass is 9.94. The van der Waals surface area contributed by atoms with Crippen molar-refractivity contribution in [3.8, 4) is 5.75 Å². The predicted molar refractivity (Wildman–Crippen MR) is 111 cm³/mol. The normalized spacial score (nSPS) is 21.1. The van der Waals surface area contributed by atoms with Crippen molar-refractivity contribution < 1.29 is 14.2 Å². The number of aliphatic hydroxyl groups is 1. The Kier molecular flexibility index (Phi) is 5.38. The largest absolute Gasteiger partial charge is 0.492 e. The summed E-state index contributed by atoms with van der Waals surface area (Å²) >= 11 is 0. The van der Waals surface area contributed by atoms with Crippen molar-refractivity contribution in [3.63, 3.8) is 0 Å². The van der Waals surface area contributed by atoms with Crippen molar-refractivity contribution in [2.75, 3.05) is 30.8 Å². The van der Waals surface area contributed by atoms with Crippen LogP contribution < -0.4 is 20.7 Å². The van der Waals surface area contributed by atoms with E-state index in [4.69, 9.17) is 4.74 Å². The Bertz CT molecular complexity index is 963. The number of hydrogen-bond donors (Lipinski definition) is 4. The van der Waals surface area contributed by atoms with Crippen LogP contribution in [0.5, 0.6) is 5.75 Å². The summed E-state index contributed by atoms with van der Waals surface area (Å²) in [5, 5.41) is 19.6. The lowest BCUT2D eigenvalue weighted by Gasteiger charge is -2.19. The Morgan fingerprint density at radius 1 is 1.31 bits per heavy atom. The van der Waals surface area contributed by atoms with Gasteiger partial charge in [0.2, 0.25) is 5.95 Å². The summed E-state index contributed by atoms with van der Waals surface area (Å²) in [6, 6.07) is 3.51. The maximum Gasteiger partial charge on any atom is 0.229 e. The van der Waals surface area contributed by atoms with Crippen LogP contribution in [0.3, 0.4) is 0 Å². The lowest BCUT2D eigenvalue weighted by molar-refractivity contribution is 0.143. The standard InChI is InChI=1S/C21H26FN5O2/c1-11-8-17(23-3)27-21(25-11)26-15-9-14-5-7-29-20(14)18(19(15)22)13-4-6-24-12(2)16(28)10-13/h4,8-9,12,16,24,28H,5-7,10H2,1-3H3,(H2,23,25,26,27)/t12-,16+/m1/s1. The second-order valence-corrected chi connectivity index (χ2v) is 7.49. The van der Waals surface area contributed by atoms with Crippen LogP contribution in [0.25, 0.3) is 5.57 Å². The van der Waals surface area contributed by atoms with Crippen LogP contribution in [0.4, 0.5) is 21.8 Å². The Morgan fingerprint density at radius 2 is 2.14 bits per heavy atom. The highest BCUT2D eigenvalue weighted by molar-refractivity contribution is 5.78. The van der Waals surface area contributed by atoms with Gasteiger partial charge < -0.3 is 25.8 Å². The van der Waals surface area contributed by atoms with Gasteiger partial charge in [-0.3, -0.25) is 0 Å². The van der Waals surface area contributed by atoms with Gasteiger partial charge in [-0.2, -0.15) is 4.98 Å². The number of aryl methyl sites for hydroxylation is 1. The van der Waals surface area contributed by atoms with Gasteiger partial charge in [-0.1, -0.05) is 6.08 Å². The van der Waals surface area contributed by atoms with Crippen LogP contribution in [-0.2, 0) is 6.42 Å². The fourth-order valence-corrected chi connectivity index (χ4v) is 3.76.